The van der Waals surface area contributed by atoms with Crippen LogP contribution in [0, 0.1) is 6.92 Å². The van der Waals surface area contributed by atoms with Crippen LogP contribution in [-0.4, -0.2) is 54.4 Å². The number of aromatic amines is 1. The fraction of sp³-hybridized carbons (Fsp3) is 0.444. The maximum absolute atomic E-state index is 11.5. The van der Waals surface area contributed by atoms with Crippen molar-refractivity contribution in [1.82, 2.24) is 25.1 Å². The van der Waals surface area contributed by atoms with Crippen LogP contribution in [-0.2, 0) is 0 Å². The van der Waals surface area contributed by atoms with Gasteiger partial charge in [0.2, 0.25) is 5.95 Å². The molecular weight excluding hydrogens is 378 g/mol. The van der Waals surface area contributed by atoms with E-state index in [1.54, 1.807) is 16.2 Å². The van der Waals surface area contributed by atoms with Gasteiger partial charge in [-0.15, -0.1) is 11.3 Å². The fourth-order valence-electron chi connectivity index (χ4n) is 4.41. The Morgan fingerprint density at radius 3 is 2.79 bits per heavy atom. The van der Waals surface area contributed by atoms with Crippen molar-refractivity contribution in [2.45, 2.75) is 50.7 Å². The van der Waals surface area contributed by atoms with Gasteiger partial charge in [-0.2, -0.15) is 10.1 Å². The molecule has 146 valence electrons. The Morgan fingerprint density at radius 1 is 1.32 bits per heavy atom. The molecule has 0 radical (unpaired) electrons. The van der Waals surface area contributed by atoms with Crippen LogP contribution in [0.1, 0.15) is 31.4 Å². The lowest BCUT2D eigenvalue weighted by molar-refractivity contribution is 0.0993. The van der Waals surface area contributed by atoms with Gasteiger partial charge in [-0.3, -0.25) is 5.10 Å². The van der Waals surface area contributed by atoms with Crippen LogP contribution in [0.5, 0.6) is 0 Å². The Labute approximate surface area is 165 Å². The second kappa shape index (κ2) is 6.62. The van der Waals surface area contributed by atoms with Gasteiger partial charge in [0.15, 0.2) is 5.82 Å². The third kappa shape index (κ3) is 3.03. The molecule has 0 aromatic carbocycles. The van der Waals surface area contributed by atoms with Crippen LogP contribution in [0.15, 0.2) is 17.5 Å². The predicted octanol–water partition coefficient (Wildman–Crippen LogP) is 3.55. The lowest BCUT2D eigenvalue weighted by atomic mass is 9.98. The summed E-state index contributed by atoms with van der Waals surface area (Å²) in [5, 5.41) is 26.3. The molecule has 4 N–H and O–H groups in total. The van der Waals surface area contributed by atoms with Gasteiger partial charge in [-0.25, -0.2) is 9.78 Å². The number of hydrogen-bond acceptors (Lipinski definition) is 7. The Balaban J connectivity index is 1.39. The first-order valence-electron chi connectivity index (χ1n) is 9.39. The maximum Gasteiger partial charge on any atom is 0.407 e. The van der Waals surface area contributed by atoms with Crippen molar-refractivity contribution in [3.63, 3.8) is 0 Å². The van der Waals surface area contributed by atoms with Gasteiger partial charge >= 0.3 is 6.09 Å². The number of carboxylic acid groups (broad SMARTS) is 1. The molecule has 2 saturated heterocycles. The summed E-state index contributed by atoms with van der Waals surface area (Å²) in [5.74, 6) is 1.99. The number of anilines is 3. The lowest BCUT2D eigenvalue weighted by Gasteiger charge is -2.37. The molecule has 0 aliphatic carbocycles. The number of H-pyrrole nitrogens is 1. The molecule has 1 amide bonds. The minimum absolute atomic E-state index is 0.0869. The van der Waals surface area contributed by atoms with Crippen molar-refractivity contribution in [2.24, 2.45) is 0 Å². The molecule has 10 heteroatoms. The van der Waals surface area contributed by atoms with Crippen molar-refractivity contribution in [2.75, 3.05) is 10.6 Å². The zero-order valence-electron chi connectivity index (χ0n) is 15.3. The van der Waals surface area contributed by atoms with Crippen LogP contribution in [0.2, 0.25) is 0 Å². The molecule has 2 fully saturated rings. The third-order valence-corrected chi connectivity index (χ3v) is 6.37. The Bertz CT molecular complexity index is 1020. The first kappa shape index (κ1) is 17.2. The molecule has 3 aromatic rings. The highest BCUT2D eigenvalue weighted by Gasteiger charge is 2.43. The van der Waals surface area contributed by atoms with Crippen molar-refractivity contribution >= 4 is 45.2 Å². The Hall–Kier alpha value is -2.88. The standard InChI is InChI=1S/C18H21N7O2S/c1-9-6-14(24-23-9)20-15-13-4-5-28-16(13)22-17(21-15)19-10-7-11-2-3-12(8-10)25(11)18(26)27/h4-6,10-12H,2-3,7-8H2,1H3,(H,26,27)(H3,19,20,21,22,23,24). The number of amides is 1. The summed E-state index contributed by atoms with van der Waals surface area (Å²) in [7, 11) is 0. The van der Waals surface area contributed by atoms with Gasteiger partial charge in [0.05, 0.1) is 5.39 Å². The molecular formula is C18H21N7O2S. The molecule has 5 heterocycles. The van der Waals surface area contributed by atoms with Gasteiger partial charge < -0.3 is 20.6 Å². The summed E-state index contributed by atoms with van der Waals surface area (Å²) in [6.45, 7) is 1.95. The highest BCUT2D eigenvalue weighted by molar-refractivity contribution is 7.16. The highest BCUT2D eigenvalue weighted by Crippen LogP contribution is 2.37. The number of aryl methyl sites for hydroxylation is 1. The van der Waals surface area contributed by atoms with E-state index in [9.17, 15) is 9.90 Å². The number of rotatable bonds is 4. The molecule has 9 nitrogen and oxygen atoms in total. The van der Waals surface area contributed by atoms with Crippen LogP contribution in [0.25, 0.3) is 10.2 Å². The number of aromatic nitrogens is 4. The summed E-state index contributed by atoms with van der Waals surface area (Å²) in [6.07, 6.45) is 2.64. The van der Waals surface area contributed by atoms with E-state index in [-0.39, 0.29) is 18.1 Å². The van der Waals surface area contributed by atoms with E-state index in [2.05, 4.69) is 30.8 Å². The molecule has 0 saturated carbocycles. The SMILES string of the molecule is Cc1cc(Nc2nc(NC3CC4CCC(C3)N4C(=O)O)nc3sccc23)n[nH]1. The van der Waals surface area contributed by atoms with Crippen molar-refractivity contribution in [3.05, 3.63) is 23.2 Å². The largest absolute Gasteiger partial charge is 0.465 e. The van der Waals surface area contributed by atoms with E-state index in [1.165, 1.54) is 0 Å². The van der Waals surface area contributed by atoms with Gasteiger partial charge in [-0.1, -0.05) is 0 Å². The van der Waals surface area contributed by atoms with E-state index in [0.717, 1.165) is 41.6 Å². The molecule has 2 aliphatic heterocycles. The van der Waals surface area contributed by atoms with Gasteiger partial charge in [0, 0.05) is 29.9 Å². The van der Waals surface area contributed by atoms with E-state index in [4.69, 9.17) is 0 Å². The Morgan fingerprint density at radius 2 is 2.11 bits per heavy atom. The molecule has 5 rings (SSSR count). The first-order chi connectivity index (χ1) is 13.6. The number of nitrogens with one attached hydrogen (secondary N) is 3. The average molecular weight is 399 g/mol. The van der Waals surface area contributed by atoms with E-state index in [0.29, 0.717) is 17.6 Å². The third-order valence-electron chi connectivity index (χ3n) is 5.56. The number of nitrogens with zero attached hydrogens (tertiary/aromatic N) is 4. The molecule has 28 heavy (non-hydrogen) atoms. The van der Waals surface area contributed by atoms with Crippen LogP contribution in [0.4, 0.5) is 22.4 Å². The zero-order chi connectivity index (χ0) is 19.3. The summed E-state index contributed by atoms with van der Waals surface area (Å²) >= 11 is 1.57. The van der Waals surface area contributed by atoms with Crippen LogP contribution in [0.3, 0.4) is 0 Å². The topological polar surface area (TPSA) is 119 Å². The van der Waals surface area contributed by atoms with E-state index in [1.807, 2.05) is 24.4 Å². The minimum Gasteiger partial charge on any atom is -0.465 e. The summed E-state index contributed by atoms with van der Waals surface area (Å²) in [5.41, 5.74) is 0.970. The second-order valence-electron chi connectivity index (χ2n) is 7.48. The van der Waals surface area contributed by atoms with E-state index >= 15 is 0 Å². The van der Waals surface area contributed by atoms with Crippen molar-refractivity contribution in [1.29, 1.82) is 0 Å². The highest BCUT2D eigenvalue weighted by atomic mass is 32.1. The number of carbonyl (C=O) groups is 1. The Kier molecular flexibility index (Phi) is 4.08. The molecule has 0 spiro atoms. The molecule has 2 atom stereocenters. The minimum atomic E-state index is -0.803. The van der Waals surface area contributed by atoms with Gasteiger partial charge in [0.1, 0.15) is 10.6 Å². The summed E-state index contributed by atoms with van der Waals surface area (Å²) in [4.78, 5) is 23.4. The van der Waals surface area contributed by atoms with E-state index < -0.39 is 6.09 Å². The maximum atomic E-state index is 11.5. The van der Waals surface area contributed by atoms with Gasteiger partial charge in [0.25, 0.3) is 0 Å². The molecule has 2 unspecified atom stereocenters. The van der Waals surface area contributed by atoms with Crippen LogP contribution >= 0.6 is 11.3 Å². The molecule has 3 aromatic heterocycles. The normalized spacial score (nSPS) is 23.9. The smallest absolute Gasteiger partial charge is 0.407 e. The lowest BCUT2D eigenvalue weighted by Crippen LogP contribution is -2.49. The number of piperidine rings is 1. The van der Waals surface area contributed by atoms with Crippen molar-refractivity contribution in [3.8, 4) is 0 Å². The monoisotopic (exact) mass is 399 g/mol. The fourth-order valence-corrected chi connectivity index (χ4v) is 5.17. The zero-order valence-corrected chi connectivity index (χ0v) is 16.2. The molecule has 2 aliphatic rings. The summed E-state index contributed by atoms with van der Waals surface area (Å²) < 4.78 is 0. The number of fused-ring (bicyclic) bond motifs is 3. The number of thiophene rings is 1. The second-order valence-corrected chi connectivity index (χ2v) is 8.38. The predicted molar refractivity (Wildman–Crippen MR) is 107 cm³/mol. The first-order valence-corrected chi connectivity index (χ1v) is 10.3. The van der Waals surface area contributed by atoms with Crippen LogP contribution < -0.4 is 10.6 Å². The number of hydrogen-bond donors (Lipinski definition) is 4. The molecule has 2 bridgehead atoms. The average Bonchev–Trinajstić information content (AvgIpc) is 3.34. The summed E-state index contributed by atoms with van der Waals surface area (Å²) in [6, 6.07) is 4.27. The van der Waals surface area contributed by atoms with Crippen molar-refractivity contribution < 1.29 is 9.90 Å². The van der Waals surface area contributed by atoms with Gasteiger partial charge in [-0.05, 0) is 44.1 Å². The quantitative estimate of drug-likeness (QED) is 0.530.